The van der Waals surface area contributed by atoms with Crippen LogP contribution in [-0.4, -0.2) is 55.9 Å². The molecule has 0 fully saturated rings. The first-order valence-corrected chi connectivity index (χ1v) is 8.31. The van der Waals surface area contributed by atoms with Crippen molar-refractivity contribution >= 4 is 21.8 Å². The van der Waals surface area contributed by atoms with E-state index in [2.05, 4.69) is 21.2 Å². The van der Waals surface area contributed by atoms with Gasteiger partial charge in [-0.15, -0.1) is 0 Å². The lowest BCUT2D eigenvalue weighted by Crippen LogP contribution is -2.27. The maximum absolute atomic E-state index is 11.7. The summed E-state index contributed by atoms with van der Waals surface area (Å²) in [6.45, 7) is 5.17. The van der Waals surface area contributed by atoms with Crippen LogP contribution in [0.4, 0.5) is 0 Å². The molecule has 130 valence electrons. The van der Waals surface area contributed by atoms with Gasteiger partial charge in [0.1, 0.15) is 0 Å². The predicted molar refractivity (Wildman–Crippen MR) is 92.9 cm³/mol. The highest BCUT2D eigenvalue weighted by Gasteiger charge is 2.14. The van der Waals surface area contributed by atoms with E-state index >= 15 is 0 Å². The number of hydrogen-bond donors (Lipinski definition) is 2. The fraction of sp³-hybridized carbons (Fsp3) is 0.562. The van der Waals surface area contributed by atoms with Crippen molar-refractivity contribution in [2.45, 2.75) is 26.5 Å². The second-order valence-corrected chi connectivity index (χ2v) is 6.25. The van der Waals surface area contributed by atoms with Crippen LogP contribution in [0, 0.1) is 0 Å². The largest absolute Gasteiger partial charge is 0.490 e. The Bertz CT molecular complexity index is 521. The second kappa shape index (κ2) is 9.75. The zero-order chi connectivity index (χ0) is 17.4. The monoisotopic (exact) mass is 388 g/mol. The molecule has 0 aliphatic heterocycles. The van der Waals surface area contributed by atoms with E-state index < -0.39 is 6.10 Å². The Balaban J connectivity index is 2.86. The molecule has 1 aromatic rings. The number of nitrogens with one attached hydrogen (secondary N) is 1. The molecule has 0 aromatic heterocycles. The Morgan fingerprint density at radius 1 is 1.39 bits per heavy atom. The number of aliphatic hydroxyl groups excluding tert-OH is 1. The van der Waals surface area contributed by atoms with Crippen molar-refractivity contribution in [3.05, 3.63) is 22.2 Å². The molecule has 23 heavy (non-hydrogen) atoms. The van der Waals surface area contributed by atoms with Gasteiger partial charge in [-0.25, -0.2) is 0 Å². The number of hydrogen-bond acceptors (Lipinski definition) is 5. The van der Waals surface area contributed by atoms with Crippen LogP contribution in [0.1, 0.15) is 19.4 Å². The topological polar surface area (TPSA) is 71.0 Å². The average molecular weight is 389 g/mol. The third-order valence-electron chi connectivity index (χ3n) is 2.98. The van der Waals surface area contributed by atoms with Gasteiger partial charge >= 0.3 is 0 Å². The van der Waals surface area contributed by atoms with Crippen LogP contribution in [0.5, 0.6) is 11.5 Å². The van der Waals surface area contributed by atoms with E-state index in [4.69, 9.17) is 9.47 Å². The van der Waals surface area contributed by atoms with Crippen LogP contribution in [-0.2, 0) is 11.3 Å². The molecular formula is C16H25BrN2O4. The zero-order valence-electron chi connectivity index (χ0n) is 14.1. The molecule has 7 heteroatoms. The molecule has 1 atom stereocenters. The van der Waals surface area contributed by atoms with Gasteiger partial charge in [0, 0.05) is 27.2 Å². The molecule has 1 aromatic carbocycles. The molecule has 6 nitrogen and oxygen atoms in total. The number of ether oxygens (including phenoxy) is 2. The van der Waals surface area contributed by atoms with E-state index in [1.807, 2.05) is 19.1 Å². The van der Waals surface area contributed by atoms with Crippen molar-refractivity contribution in [1.82, 2.24) is 10.2 Å². The minimum Gasteiger partial charge on any atom is -0.490 e. The van der Waals surface area contributed by atoms with Crippen LogP contribution < -0.4 is 14.8 Å². The number of nitrogens with zero attached hydrogens (tertiary/aromatic N) is 1. The van der Waals surface area contributed by atoms with E-state index in [1.54, 1.807) is 21.0 Å². The Labute approximate surface area is 145 Å². The number of amides is 1. The minimum atomic E-state index is -0.399. The molecule has 0 bridgehead atoms. The van der Waals surface area contributed by atoms with E-state index in [0.717, 1.165) is 10.0 Å². The van der Waals surface area contributed by atoms with Gasteiger partial charge < -0.3 is 24.8 Å². The van der Waals surface area contributed by atoms with Gasteiger partial charge in [-0.3, -0.25) is 4.79 Å². The fourth-order valence-corrected chi connectivity index (χ4v) is 2.42. The number of benzene rings is 1. The van der Waals surface area contributed by atoms with Crippen LogP contribution in [0.2, 0.25) is 0 Å². The summed E-state index contributed by atoms with van der Waals surface area (Å²) in [4.78, 5) is 13.2. The Kier molecular flexibility index (Phi) is 8.36. The smallest absolute Gasteiger partial charge is 0.259 e. The van der Waals surface area contributed by atoms with Gasteiger partial charge in [-0.05, 0) is 47.5 Å². The molecule has 1 unspecified atom stereocenters. The molecule has 0 saturated carbocycles. The average Bonchev–Trinajstić information content (AvgIpc) is 2.45. The summed E-state index contributed by atoms with van der Waals surface area (Å²) in [5.41, 5.74) is 0.993. The SMILES string of the molecule is CCOc1cc(CNCC(C)O)cc(Br)c1OCC(=O)N(C)C. The van der Waals surface area contributed by atoms with Gasteiger partial charge in [0.15, 0.2) is 18.1 Å². The number of aliphatic hydroxyl groups is 1. The van der Waals surface area contributed by atoms with Crippen molar-refractivity contribution in [3.63, 3.8) is 0 Å². The number of carbonyl (C=O) groups is 1. The third kappa shape index (κ3) is 6.76. The van der Waals surface area contributed by atoms with Crippen LogP contribution in [0.25, 0.3) is 0 Å². The Hall–Kier alpha value is -1.31. The summed E-state index contributed by atoms with van der Waals surface area (Å²) in [6, 6.07) is 3.78. The Morgan fingerprint density at radius 2 is 2.09 bits per heavy atom. The highest BCUT2D eigenvalue weighted by atomic mass is 79.9. The molecule has 0 aliphatic carbocycles. The van der Waals surface area contributed by atoms with E-state index in [9.17, 15) is 9.90 Å². The van der Waals surface area contributed by atoms with Crippen molar-refractivity contribution in [2.24, 2.45) is 0 Å². The zero-order valence-corrected chi connectivity index (χ0v) is 15.6. The Morgan fingerprint density at radius 3 is 2.65 bits per heavy atom. The lowest BCUT2D eigenvalue weighted by atomic mass is 10.2. The maximum Gasteiger partial charge on any atom is 0.259 e. The molecule has 2 N–H and O–H groups in total. The molecular weight excluding hydrogens is 364 g/mol. The van der Waals surface area contributed by atoms with Crippen molar-refractivity contribution < 1.29 is 19.4 Å². The molecule has 1 rings (SSSR count). The fourth-order valence-electron chi connectivity index (χ4n) is 1.81. The van der Waals surface area contributed by atoms with Gasteiger partial charge in [0.25, 0.3) is 5.91 Å². The van der Waals surface area contributed by atoms with Crippen LogP contribution in [0.3, 0.4) is 0 Å². The highest BCUT2D eigenvalue weighted by Crippen LogP contribution is 2.37. The van der Waals surface area contributed by atoms with Crippen LogP contribution >= 0.6 is 15.9 Å². The summed E-state index contributed by atoms with van der Waals surface area (Å²) in [5.74, 6) is 0.977. The summed E-state index contributed by atoms with van der Waals surface area (Å²) in [6.07, 6.45) is -0.399. The molecule has 0 saturated heterocycles. The van der Waals surface area contributed by atoms with Crippen molar-refractivity contribution in [1.29, 1.82) is 0 Å². The summed E-state index contributed by atoms with van der Waals surface area (Å²) in [7, 11) is 3.36. The number of halogens is 1. The number of carbonyl (C=O) groups excluding carboxylic acids is 1. The second-order valence-electron chi connectivity index (χ2n) is 5.39. The van der Waals surface area contributed by atoms with E-state index in [0.29, 0.717) is 31.2 Å². The third-order valence-corrected chi connectivity index (χ3v) is 3.57. The van der Waals surface area contributed by atoms with Crippen LogP contribution in [0.15, 0.2) is 16.6 Å². The van der Waals surface area contributed by atoms with Gasteiger partial charge in [-0.2, -0.15) is 0 Å². The van der Waals surface area contributed by atoms with Crippen molar-refractivity contribution in [2.75, 3.05) is 33.9 Å². The molecule has 0 aliphatic rings. The summed E-state index contributed by atoms with van der Waals surface area (Å²) < 4.78 is 12.0. The van der Waals surface area contributed by atoms with Gasteiger partial charge in [-0.1, -0.05) is 0 Å². The molecule has 1 amide bonds. The number of rotatable bonds is 9. The van der Waals surface area contributed by atoms with E-state index in [-0.39, 0.29) is 12.5 Å². The lowest BCUT2D eigenvalue weighted by molar-refractivity contribution is -0.130. The first-order chi connectivity index (χ1) is 10.8. The summed E-state index contributed by atoms with van der Waals surface area (Å²) in [5, 5.41) is 12.4. The minimum absolute atomic E-state index is 0.0503. The number of likely N-dealkylation sites (N-methyl/N-ethyl adjacent to an activating group) is 1. The predicted octanol–water partition coefficient (Wildman–Crippen LogP) is 1.79. The maximum atomic E-state index is 11.7. The molecule has 0 spiro atoms. The summed E-state index contributed by atoms with van der Waals surface area (Å²) >= 11 is 3.47. The lowest BCUT2D eigenvalue weighted by Gasteiger charge is -2.17. The van der Waals surface area contributed by atoms with Gasteiger partial charge in [0.2, 0.25) is 0 Å². The first-order valence-electron chi connectivity index (χ1n) is 7.52. The van der Waals surface area contributed by atoms with Crippen molar-refractivity contribution in [3.8, 4) is 11.5 Å². The van der Waals surface area contributed by atoms with E-state index in [1.165, 1.54) is 4.90 Å². The highest BCUT2D eigenvalue weighted by molar-refractivity contribution is 9.10. The first kappa shape index (κ1) is 19.7. The quantitative estimate of drug-likeness (QED) is 0.674. The molecule has 0 heterocycles. The normalized spacial score (nSPS) is 11.9. The standard InChI is InChI=1S/C16H25BrN2O4/c1-5-22-14-7-12(9-18-8-11(2)20)6-13(17)16(14)23-10-15(21)19(3)4/h6-7,11,18,20H,5,8-10H2,1-4H3. The van der Waals surface area contributed by atoms with Gasteiger partial charge in [0.05, 0.1) is 17.2 Å². The molecule has 0 radical (unpaired) electrons.